The fraction of sp³-hybridized carbons (Fsp3) is 0.222. The van der Waals surface area contributed by atoms with Gasteiger partial charge in [0.25, 0.3) is 0 Å². The molecule has 0 aliphatic heterocycles. The molecule has 2 N–H and O–H groups in total. The summed E-state index contributed by atoms with van der Waals surface area (Å²) in [6, 6.07) is 3.24. The summed E-state index contributed by atoms with van der Waals surface area (Å²) in [6.45, 7) is 1.72. The maximum atomic E-state index is 5.92. The summed E-state index contributed by atoms with van der Waals surface area (Å²) < 4.78 is 5.76. The molecule has 1 atom stereocenters. The summed E-state index contributed by atoms with van der Waals surface area (Å²) in [5.41, 5.74) is 6.62. The van der Waals surface area contributed by atoms with Gasteiger partial charge in [-0.25, -0.2) is 0 Å². The molecule has 2 aromatic rings. The first-order valence-electron chi connectivity index (χ1n) is 4.34. The molecule has 0 aliphatic rings. The van der Waals surface area contributed by atoms with E-state index < -0.39 is 6.04 Å². The van der Waals surface area contributed by atoms with Crippen LogP contribution in [0.1, 0.15) is 23.5 Å². The van der Waals surface area contributed by atoms with E-state index in [2.05, 4.69) is 31.1 Å². The van der Waals surface area contributed by atoms with Gasteiger partial charge in [0.2, 0.25) is 5.89 Å². The summed E-state index contributed by atoms with van der Waals surface area (Å²) >= 11 is 3.30. The number of aromatic nitrogens is 3. The Balaban J connectivity index is 2.28. The quantitative estimate of drug-likeness (QED) is 0.895. The third-order valence-corrected chi connectivity index (χ3v) is 2.36. The Labute approximate surface area is 94.8 Å². The molecule has 0 amide bonds. The Morgan fingerprint density at radius 1 is 1.47 bits per heavy atom. The lowest BCUT2D eigenvalue weighted by molar-refractivity contribution is 0.385. The molecule has 2 rings (SSSR count). The molecule has 1 unspecified atom stereocenters. The van der Waals surface area contributed by atoms with E-state index in [9.17, 15) is 0 Å². The number of nitrogens with two attached hydrogens (primary N) is 1. The van der Waals surface area contributed by atoms with Crippen molar-refractivity contribution in [1.29, 1.82) is 0 Å². The summed E-state index contributed by atoms with van der Waals surface area (Å²) in [5.74, 6) is 0.944. The molecule has 0 spiro atoms. The van der Waals surface area contributed by atoms with Crippen molar-refractivity contribution in [3.05, 3.63) is 40.2 Å². The lowest BCUT2D eigenvalue weighted by Crippen LogP contribution is -2.14. The maximum absolute atomic E-state index is 5.92. The van der Waals surface area contributed by atoms with Crippen LogP contribution in [0.5, 0.6) is 0 Å². The van der Waals surface area contributed by atoms with Gasteiger partial charge in [-0.3, -0.25) is 4.98 Å². The molecule has 0 aromatic carbocycles. The van der Waals surface area contributed by atoms with Gasteiger partial charge in [0.15, 0.2) is 5.82 Å². The van der Waals surface area contributed by atoms with Crippen molar-refractivity contribution in [2.24, 2.45) is 5.73 Å². The van der Waals surface area contributed by atoms with E-state index in [0.29, 0.717) is 17.4 Å². The van der Waals surface area contributed by atoms with Gasteiger partial charge in [-0.05, 0) is 28.1 Å². The lowest BCUT2D eigenvalue weighted by atomic mass is 10.2. The number of rotatable bonds is 2. The number of pyridine rings is 1. The fourth-order valence-corrected chi connectivity index (χ4v) is 1.38. The van der Waals surface area contributed by atoms with Gasteiger partial charge >= 0.3 is 0 Å². The minimum Gasteiger partial charge on any atom is -0.340 e. The molecule has 78 valence electrons. The van der Waals surface area contributed by atoms with Crippen LogP contribution in [0.15, 0.2) is 27.3 Å². The molecule has 0 saturated heterocycles. The Morgan fingerprint density at radius 3 is 2.80 bits per heavy atom. The third kappa shape index (κ3) is 2.21. The largest absolute Gasteiger partial charge is 0.340 e. The van der Waals surface area contributed by atoms with Crippen molar-refractivity contribution in [1.82, 2.24) is 15.1 Å². The van der Waals surface area contributed by atoms with E-state index in [1.807, 2.05) is 12.1 Å². The minimum atomic E-state index is -0.449. The number of hydrogen-bond acceptors (Lipinski definition) is 5. The van der Waals surface area contributed by atoms with E-state index in [1.165, 1.54) is 0 Å². The van der Waals surface area contributed by atoms with Crippen molar-refractivity contribution in [3.8, 4) is 0 Å². The monoisotopic (exact) mass is 268 g/mol. The van der Waals surface area contributed by atoms with E-state index in [0.717, 1.165) is 4.47 Å². The van der Waals surface area contributed by atoms with E-state index in [4.69, 9.17) is 10.3 Å². The number of nitrogens with zero attached hydrogens (tertiary/aromatic N) is 3. The molecule has 0 radical (unpaired) electrons. The standard InChI is InChI=1S/C9H9BrN4O/c1-5-13-9(14-15-5)8(11)7-3-2-6(10)4-12-7/h2-4,8H,11H2,1H3. The zero-order valence-corrected chi connectivity index (χ0v) is 9.60. The van der Waals surface area contributed by atoms with Crippen LogP contribution < -0.4 is 5.73 Å². The second-order valence-corrected chi connectivity index (χ2v) is 3.97. The summed E-state index contributed by atoms with van der Waals surface area (Å²) in [6.07, 6.45) is 1.68. The van der Waals surface area contributed by atoms with Crippen molar-refractivity contribution < 1.29 is 4.52 Å². The third-order valence-electron chi connectivity index (χ3n) is 1.89. The number of aryl methyl sites for hydroxylation is 1. The Kier molecular flexibility index (Phi) is 2.79. The molecule has 0 saturated carbocycles. The van der Waals surface area contributed by atoms with Crippen LogP contribution in [0.2, 0.25) is 0 Å². The molecule has 0 aliphatic carbocycles. The highest BCUT2D eigenvalue weighted by molar-refractivity contribution is 9.10. The Bertz CT molecular complexity index is 453. The Morgan fingerprint density at radius 2 is 2.27 bits per heavy atom. The van der Waals surface area contributed by atoms with E-state index in [1.54, 1.807) is 13.1 Å². The summed E-state index contributed by atoms with van der Waals surface area (Å²) in [5, 5.41) is 3.75. The van der Waals surface area contributed by atoms with Crippen LogP contribution >= 0.6 is 15.9 Å². The van der Waals surface area contributed by atoms with Crippen LogP contribution in [-0.4, -0.2) is 15.1 Å². The van der Waals surface area contributed by atoms with Crippen LogP contribution in [0.3, 0.4) is 0 Å². The molecule has 5 nitrogen and oxygen atoms in total. The molecule has 6 heteroatoms. The van der Waals surface area contributed by atoms with Gasteiger partial charge in [0.05, 0.1) is 5.69 Å². The number of halogens is 1. The van der Waals surface area contributed by atoms with Crippen LogP contribution in [0.4, 0.5) is 0 Å². The zero-order valence-electron chi connectivity index (χ0n) is 8.01. The summed E-state index contributed by atoms with van der Waals surface area (Å²) in [4.78, 5) is 8.23. The smallest absolute Gasteiger partial charge is 0.223 e. The highest BCUT2D eigenvalue weighted by Crippen LogP contribution is 2.16. The highest BCUT2D eigenvalue weighted by Gasteiger charge is 2.15. The lowest BCUT2D eigenvalue weighted by Gasteiger charge is -2.05. The molecular weight excluding hydrogens is 260 g/mol. The SMILES string of the molecule is Cc1nc(C(N)c2ccc(Br)cn2)no1. The van der Waals surface area contributed by atoms with Crippen molar-refractivity contribution in [3.63, 3.8) is 0 Å². The first-order valence-corrected chi connectivity index (χ1v) is 5.13. The maximum Gasteiger partial charge on any atom is 0.223 e. The Hall–Kier alpha value is -1.27. The molecule has 0 bridgehead atoms. The van der Waals surface area contributed by atoms with Gasteiger partial charge in [0.1, 0.15) is 6.04 Å². The van der Waals surface area contributed by atoms with Gasteiger partial charge in [-0.2, -0.15) is 4.98 Å². The molecule has 2 heterocycles. The van der Waals surface area contributed by atoms with Gasteiger partial charge in [-0.15, -0.1) is 0 Å². The second kappa shape index (κ2) is 4.08. The van der Waals surface area contributed by atoms with Crippen LogP contribution in [-0.2, 0) is 0 Å². The average molecular weight is 269 g/mol. The second-order valence-electron chi connectivity index (χ2n) is 3.05. The molecular formula is C9H9BrN4O. The van der Waals surface area contributed by atoms with E-state index in [-0.39, 0.29) is 0 Å². The first kappa shape index (κ1) is 10.3. The molecule has 2 aromatic heterocycles. The average Bonchev–Trinajstić information content (AvgIpc) is 2.65. The van der Waals surface area contributed by atoms with Crippen molar-refractivity contribution in [2.45, 2.75) is 13.0 Å². The predicted molar refractivity (Wildman–Crippen MR) is 57.0 cm³/mol. The zero-order chi connectivity index (χ0) is 10.8. The topological polar surface area (TPSA) is 77.8 Å². The van der Waals surface area contributed by atoms with Crippen LogP contribution in [0, 0.1) is 6.92 Å². The van der Waals surface area contributed by atoms with Crippen LogP contribution in [0.25, 0.3) is 0 Å². The van der Waals surface area contributed by atoms with E-state index >= 15 is 0 Å². The predicted octanol–water partition coefficient (Wildman–Crippen LogP) is 1.58. The first-order chi connectivity index (χ1) is 7.16. The molecule has 0 fully saturated rings. The normalized spacial score (nSPS) is 12.7. The van der Waals surface area contributed by atoms with Gasteiger partial charge in [-0.1, -0.05) is 5.16 Å². The number of hydrogen-bond donors (Lipinski definition) is 1. The highest BCUT2D eigenvalue weighted by atomic mass is 79.9. The van der Waals surface area contributed by atoms with Gasteiger partial charge < -0.3 is 10.3 Å². The fourth-order valence-electron chi connectivity index (χ4n) is 1.14. The minimum absolute atomic E-state index is 0.447. The van der Waals surface area contributed by atoms with Gasteiger partial charge in [0, 0.05) is 17.6 Å². The van der Waals surface area contributed by atoms with Crippen molar-refractivity contribution >= 4 is 15.9 Å². The summed E-state index contributed by atoms with van der Waals surface area (Å²) in [7, 11) is 0. The van der Waals surface area contributed by atoms with Crippen molar-refractivity contribution in [2.75, 3.05) is 0 Å². The molecule has 15 heavy (non-hydrogen) atoms.